The highest BCUT2D eigenvalue weighted by Crippen LogP contribution is 2.39. The van der Waals surface area contributed by atoms with E-state index in [0.29, 0.717) is 11.5 Å². The number of ether oxygens (including phenoxy) is 1. The second-order valence-electron chi connectivity index (χ2n) is 8.09. The molecule has 0 N–H and O–H groups in total. The van der Waals surface area contributed by atoms with Gasteiger partial charge in [-0.15, -0.1) is 0 Å². The summed E-state index contributed by atoms with van der Waals surface area (Å²) in [6.07, 6.45) is 6.61. The number of halogens is 2. The van der Waals surface area contributed by atoms with Crippen LogP contribution in [0.3, 0.4) is 0 Å². The normalized spacial score (nSPS) is 19.5. The first-order valence-corrected chi connectivity index (χ1v) is 10.7. The lowest BCUT2D eigenvalue weighted by Crippen LogP contribution is -2.22. The third kappa shape index (κ3) is 5.79. The van der Waals surface area contributed by atoms with Gasteiger partial charge >= 0.3 is 6.11 Å². The van der Waals surface area contributed by atoms with Gasteiger partial charge in [0.05, 0.1) is 17.2 Å². The predicted molar refractivity (Wildman–Crippen MR) is 111 cm³/mol. The van der Waals surface area contributed by atoms with Gasteiger partial charge in [0.25, 0.3) is 0 Å². The molecule has 0 amide bonds. The van der Waals surface area contributed by atoms with E-state index in [9.17, 15) is 8.78 Å². The first-order chi connectivity index (χ1) is 14.0. The summed E-state index contributed by atoms with van der Waals surface area (Å²) in [6.45, 7) is 2.24. The lowest BCUT2D eigenvalue weighted by Gasteiger charge is -2.29. The van der Waals surface area contributed by atoms with Crippen molar-refractivity contribution in [3.63, 3.8) is 0 Å². The standard InChI is InChI=1S/C25H29F2NO/c1-2-3-4-5-19-6-10-21(11-7-19)22-12-14-23(15-13-22)25(26,27)29-24-16-8-20(18-28)9-17-24/h8-9,12-17,19,21H,2-7,10-11H2,1H3. The molecule has 3 rings (SSSR count). The Hall–Kier alpha value is -2.41. The van der Waals surface area contributed by atoms with Gasteiger partial charge < -0.3 is 4.74 Å². The fourth-order valence-corrected chi connectivity index (χ4v) is 4.22. The average Bonchev–Trinajstić information content (AvgIpc) is 2.75. The van der Waals surface area contributed by atoms with Crippen LogP contribution in [-0.2, 0) is 6.11 Å². The van der Waals surface area contributed by atoms with E-state index < -0.39 is 6.11 Å². The number of benzene rings is 2. The zero-order valence-corrected chi connectivity index (χ0v) is 17.0. The van der Waals surface area contributed by atoms with E-state index in [4.69, 9.17) is 10.00 Å². The molecule has 0 aliphatic heterocycles. The third-order valence-electron chi connectivity index (χ3n) is 6.01. The first kappa shape index (κ1) is 21.3. The molecule has 0 radical (unpaired) electrons. The summed E-state index contributed by atoms with van der Waals surface area (Å²) in [7, 11) is 0. The number of hydrogen-bond donors (Lipinski definition) is 0. The number of alkyl halides is 2. The summed E-state index contributed by atoms with van der Waals surface area (Å²) in [5.74, 6) is 1.35. The molecule has 0 heterocycles. The molecule has 0 bridgehead atoms. The van der Waals surface area contributed by atoms with Gasteiger partial charge in [0, 0.05) is 0 Å². The number of nitriles is 1. The molecule has 2 nitrogen and oxygen atoms in total. The van der Waals surface area contributed by atoms with Gasteiger partial charge in [-0.05, 0) is 79.5 Å². The molecule has 1 fully saturated rings. The van der Waals surface area contributed by atoms with Gasteiger partial charge in [-0.1, -0.05) is 44.7 Å². The van der Waals surface area contributed by atoms with Crippen LogP contribution in [-0.4, -0.2) is 0 Å². The zero-order chi connectivity index (χ0) is 20.7. The van der Waals surface area contributed by atoms with Crippen LogP contribution in [0.2, 0.25) is 0 Å². The Labute approximate surface area is 172 Å². The molecule has 1 saturated carbocycles. The van der Waals surface area contributed by atoms with Crippen LogP contribution in [0.1, 0.15) is 80.9 Å². The summed E-state index contributed by atoms with van der Waals surface area (Å²) in [6, 6.07) is 14.3. The first-order valence-electron chi connectivity index (χ1n) is 10.7. The predicted octanol–water partition coefficient (Wildman–Crippen LogP) is 7.54. The summed E-state index contributed by atoms with van der Waals surface area (Å²) < 4.78 is 33.9. The quantitative estimate of drug-likeness (QED) is 0.431. The second kappa shape index (κ2) is 9.87. The Morgan fingerprint density at radius 2 is 1.62 bits per heavy atom. The lowest BCUT2D eigenvalue weighted by atomic mass is 9.77. The van der Waals surface area contributed by atoms with Gasteiger partial charge in [-0.25, -0.2) is 0 Å². The van der Waals surface area contributed by atoms with Crippen LogP contribution in [0.5, 0.6) is 5.75 Å². The number of unbranched alkanes of at least 4 members (excludes halogenated alkanes) is 2. The SMILES string of the molecule is CCCCCC1CCC(c2ccc(C(F)(F)Oc3ccc(C#N)cc3)cc2)CC1. The van der Waals surface area contributed by atoms with Crippen molar-refractivity contribution in [2.45, 2.75) is 70.3 Å². The molecular formula is C25H29F2NO. The summed E-state index contributed by atoms with van der Waals surface area (Å²) in [4.78, 5) is 0. The largest absolute Gasteiger partial charge is 0.429 e. The molecule has 1 aliphatic carbocycles. The van der Waals surface area contributed by atoms with E-state index in [0.717, 1.165) is 24.3 Å². The molecule has 2 aromatic rings. The van der Waals surface area contributed by atoms with Gasteiger partial charge in [0.1, 0.15) is 5.75 Å². The Morgan fingerprint density at radius 1 is 0.966 bits per heavy atom. The van der Waals surface area contributed by atoms with Gasteiger partial charge in [0.2, 0.25) is 0 Å². The van der Waals surface area contributed by atoms with Crippen molar-refractivity contribution < 1.29 is 13.5 Å². The van der Waals surface area contributed by atoms with Crippen molar-refractivity contribution in [1.82, 2.24) is 0 Å². The van der Waals surface area contributed by atoms with Crippen LogP contribution in [0.25, 0.3) is 0 Å². The maximum atomic E-state index is 14.5. The molecule has 0 atom stereocenters. The lowest BCUT2D eigenvalue weighted by molar-refractivity contribution is -0.185. The average molecular weight is 398 g/mol. The fourth-order valence-electron chi connectivity index (χ4n) is 4.22. The number of nitrogens with zero attached hydrogens (tertiary/aromatic N) is 1. The minimum absolute atomic E-state index is 0.0412. The van der Waals surface area contributed by atoms with Crippen molar-refractivity contribution in [1.29, 1.82) is 5.26 Å². The molecule has 4 heteroatoms. The number of hydrogen-bond acceptors (Lipinski definition) is 2. The van der Waals surface area contributed by atoms with Crippen LogP contribution >= 0.6 is 0 Å². The van der Waals surface area contributed by atoms with Gasteiger partial charge in [-0.2, -0.15) is 14.0 Å². The molecule has 2 aromatic carbocycles. The van der Waals surface area contributed by atoms with Crippen molar-refractivity contribution >= 4 is 0 Å². The minimum atomic E-state index is -3.41. The van der Waals surface area contributed by atoms with Crippen LogP contribution < -0.4 is 4.74 Å². The second-order valence-corrected chi connectivity index (χ2v) is 8.09. The molecule has 154 valence electrons. The topological polar surface area (TPSA) is 33.0 Å². The molecular weight excluding hydrogens is 368 g/mol. The van der Waals surface area contributed by atoms with E-state index in [1.165, 1.54) is 74.9 Å². The highest BCUT2D eigenvalue weighted by Gasteiger charge is 2.34. The van der Waals surface area contributed by atoms with Gasteiger partial charge in [-0.3, -0.25) is 0 Å². The highest BCUT2D eigenvalue weighted by atomic mass is 19.3. The Kier molecular flexibility index (Phi) is 7.25. The van der Waals surface area contributed by atoms with Crippen molar-refractivity contribution in [2.75, 3.05) is 0 Å². The van der Waals surface area contributed by atoms with Crippen LogP contribution in [0.15, 0.2) is 48.5 Å². The molecule has 1 aliphatic rings. The highest BCUT2D eigenvalue weighted by molar-refractivity contribution is 5.35. The van der Waals surface area contributed by atoms with E-state index in [1.807, 2.05) is 18.2 Å². The third-order valence-corrected chi connectivity index (χ3v) is 6.01. The van der Waals surface area contributed by atoms with E-state index in [2.05, 4.69) is 6.92 Å². The Balaban J connectivity index is 1.57. The van der Waals surface area contributed by atoms with E-state index >= 15 is 0 Å². The maximum Gasteiger partial charge on any atom is 0.426 e. The minimum Gasteiger partial charge on any atom is -0.429 e. The zero-order valence-electron chi connectivity index (χ0n) is 17.0. The van der Waals surface area contributed by atoms with E-state index in [-0.39, 0.29) is 11.3 Å². The van der Waals surface area contributed by atoms with Crippen molar-refractivity contribution in [3.8, 4) is 11.8 Å². The Bertz CT molecular complexity index is 800. The maximum absolute atomic E-state index is 14.5. The van der Waals surface area contributed by atoms with Crippen molar-refractivity contribution in [2.24, 2.45) is 5.92 Å². The summed E-state index contributed by atoms with van der Waals surface area (Å²) in [5.41, 5.74) is 1.40. The fraction of sp³-hybridized carbons (Fsp3) is 0.480. The molecule has 0 unspecified atom stereocenters. The van der Waals surface area contributed by atoms with Gasteiger partial charge in [0.15, 0.2) is 0 Å². The molecule has 0 spiro atoms. The summed E-state index contributed by atoms with van der Waals surface area (Å²) >= 11 is 0. The van der Waals surface area contributed by atoms with Crippen LogP contribution in [0, 0.1) is 17.2 Å². The summed E-state index contributed by atoms with van der Waals surface area (Å²) in [5, 5.41) is 8.80. The molecule has 29 heavy (non-hydrogen) atoms. The Morgan fingerprint density at radius 3 is 2.21 bits per heavy atom. The van der Waals surface area contributed by atoms with Crippen molar-refractivity contribution in [3.05, 3.63) is 65.2 Å². The number of rotatable bonds is 8. The smallest absolute Gasteiger partial charge is 0.426 e. The van der Waals surface area contributed by atoms with E-state index in [1.54, 1.807) is 0 Å². The monoisotopic (exact) mass is 397 g/mol. The molecule has 0 saturated heterocycles. The van der Waals surface area contributed by atoms with Crippen LogP contribution in [0.4, 0.5) is 8.78 Å². The molecule has 0 aromatic heterocycles.